The third-order valence-electron chi connectivity index (χ3n) is 5.43. The molecule has 0 spiro atoms. The minimum atomic E-state index is -1.69. The number of hydrogen-bond acceptors (Lipinski definition) is 4. The second-order valence-corrected chi connectivity index (χ2v) is 7.84. The largest absolute Gasteiger partial charge is 0.475 e. The minimum absolute atomic E-state index is 0.0212. The summed E-state index contributed by atoms with van der Waals surface area (Å²) in [5, 5.41) is 22.1. The number of benzene rings is 3. The van der Waals surface area contributed by atoms with Gasteiger partial charge in [0.25, 0.3) is 0 Å². The standard InChI is InChI=1S/C26H28BNO4/c1-2-19-8-6-9-20(16-19)17-25(27(31)32)28-26(30)15-14-24(29)23-13-7-12-22(18-23)21-10-4-3-5-11-21/h3-13,16,18,25,31-32H,2,14-15,17H2,1H3,(H,28,30). The van der Waals surface area contributed by atoms with E-state index in [-0.39, 0.29) is 24.5 Å². The van der Waals surface area contributed by atoms with Crippen LogP contribution in [0.5, 0.6) is 0 Å². The molecule has 3 rings (SSSR count). The van der Waals surface area contributed by atoms with Gasteiger partial charge >= 0.3 is 7.12 Å². The predicted octanol–water partition coefficient (Wildman–Crippen LogP) is 3.62. The van der Waals surface area contributed by atoms with Crippen LogP contribution in [-0.4, -0.2) is 34.8 Å². The van der Waals surface area contributed by atoms with Crippen molar-refractivity contribution in [3.63, 3.8) is 0 Å². The van der Waals surface area contributed by atoms with E-state index in [9.17, 15) is 19.6 Å². The fourth-order valence-corrected chi connectivity index (χ4v) is 3.61. The fourth-order valence-electron chi connectivity index (χ4n) is 3.61. The highest BCUT2D eigenvalue weighted by Crippen LogP contribution is 2.21. The number of Topliss-reactive ketones (excluding diaryl/α,β-unsaturated/α-hetero) is 1. The minimum Gasteiger partial charge on any atom is -0.426 e. The van der Waals surface area contributed by atoms with Crippen LogP contribution in [0, 0.1) is 0 Å². The van der Waals surface area contributed by atoms with Crippen LogP contribution in [0.15, 0.2) is 78.9 Å². The average Bonchev–Trinajstić information content (AvgIpc) is 2.82. The van der Waals surface area contributed by atoms with Gasteiger partial charge in [-0.25, -0.2) is 0 Å². The van der Waals surface area contributed by atoms with Gasteiger partial charge in [0.2, 0.25) is 5.91 Å². The molecule has 0 fully saturated rings. The molecule has 0 aliphatic carbocycles. The molecule has 1 amide bonds. The van der Waals surface area contributed by atoms with E-state index in [4.69, 9.17) is 0 Å². The van der Waals surface area contributed by atoms with Crippen LogP contribution < -0.4 is 5.32 Å². The Morgan fingerprint density at radius 3 is 2.25 bits per heavy atom. The molecule has 3 N–H and O–H groups in total. The number of rotatable bonds is 10. The summed E-state index contributed by atoms with van der Waals surface area (Å²) in [5.41, 5.74) is 4.57. The molecule has 5 nitrogen and oxygen atoms in total. The lowest BCUT2D eigenvalue weighted by Gasteiger charge is -2.18. The summed E-state index contributed by atoms with van der Waals surface area (Å²) >= 11 is 0. The van der Waals surface area contributed by atoms with Crippen LogP contribution >= 0.6 is 0 Å². The summed E-state index contributed by atoms with van der Waals surface area (Å²) in [6.45, 7) is 2.05. The smallest absolute Gasteiger partial charge is 0.426 e. The molecule has 0 saturated heterocycles. The lowest BCUT2D eigenvalue weighted by Crippen LogP contribution is -2.47. The van der Waals surface area contributed by atoms with Gasteiger partial charge in [-0.3, -0.25) is 9.59 Å². The van der Waals surface area contributed by atoms with Crippen LogP contribution in [0.3, 0.4) is 0 Å². The molecule has 164 valence electrons. The van der Waals surface area contributed by atoms with Crippen molar-refractivity contribution in [2.24, 2.45) is 0 Å². The summed E-state index contributed by atoms with van der Waals surface area (Å²) in [6.07, 6.45) is 1.20. The first-order valence-electron chi connectivity index (χ1n) is 10.9. The SMILES string of the molecule is CCc1cccc(CC(NC(=O)CCC(=O)c2cccc(-c3ccccc3)c2)B(O)O)c1. The molecule has 3 aromatic carbocycles. The molecule has 0 aliphatic heterocycles. The number of carbonyl (C=O) groups is 2. The Balaban J connectivity index is 1.57. The van der Waals surface area contributed by atoms with Gasteiger partial charge in [0.05, 0.1) is 5.94 Å². The van der Waals surface area contributed by atoms with Gasteiger partial charge < -0.3 is 15.4 Å². The number of carbonyl (C=O) groups excluding carboxylic acids is 2. The van der Waals surface area contributed by atoms with Crippen molar-refractivity contribution in [2.75, 3.05) is 0 Å². The number of amides is 1. The lowest BCUT2D eigenvalue weighted by atomic mass is 9.75. The normalized spacial score (nSPS) is 11.6. The number of hydrogen-bond donors (Lipinski definition) is 3. The Morgan fingerprint density at radius 2 is 1.53 bits per heavy atom. The fraction of sp³-hybridized carbons (Fsp3) is 0.231. The third-order valence-corrected chi connectivity index (χ3v) is 5.43. The molecule has 1 atom stereocenters. The molecule has 0 aliphatic rings. The maximum absolute atomic E-state index is 12.6. The van der Waals surface area contributed by atoms with E-state index in [1.807, 2.05) is 79.7 Å². The van der Waals surface area contributed by atoms with Crippen molar-refractivity contribution >= 4 is 18.8 Å². The van der Waals surface area contributed by atoms with E-state index >= 15 is 0 Å². The van der Waals surface area contributed by atoms with E-state index in [0.717, 1.165) is 28.7 Å². The van der Waals surface area contributed by atoms with Crippen molar-refractivity contribution in [2.45, 2.75) is 38.5 Å². The van der Waals surface area contributed by atoms with Gasteiger partial charge in [0.15, 0.2) is 5.78 Å². The maximum atomic E-state index is 12.6. The molecule has 0 bridgehead atoms. The van der Waals surface area contributed by atoms with Gasteiger partial charge in [-0.2, -0.15) is 0 Å². The first-order chi connectivity index (χ1) is 15.5. The molecular weight excluding hydrogens is 401 g/mol. The molecule has 1 unspecified atom stereocenters. The van der Waals surface area contributed by atoms with Gasteiger partial charge in [0, 0.05) is 18.4 Å². The van der Waals surface area contributed by atoms with Crippen molar-refractivity contribution in [3.05, 3.63) is 95.6 Å². The molecule has 0 saturated carbocycles. The van der Waals surface area contributed by atoms with Crippen LogP contribution in [0.25, 0.3) is 11.1 Å². The Hall–Kier alpha value is -3.22. The van der Waals surface area contributed by atoms with Gasteiger partial charge in [0.1, 0.15) is 0 Å². The number of ketones is 1. The second kappa shape index (κ2) is 11.4. The topological polar surface area (TPSA) is 86.6 Å². The summed E-state index contributed by atoms with van der Waals surface area (Å²) in [6, 6.07) is 24.9. The zero-order valence-corrected chi connectivity index (χ0v) is 18.2. The van der Waals surface area contributed by atoms with E-state index in [1.54, 1.807) is 6.07 Å². The van der Waals surface area contributed by atoms with E-state index in [2.05, 4.69) is 5.32 Å². The maximum Gasteiger partial charge on any atom is 0.475 e. The highest BCUT2D eigenvalue weighted by atomic mass is 16.4. The monoisotopic (exact) mass is 429 g/mol. The zero-order chi connectivity index (χ0) is 22.9. The predicted molar refractivity (Wildman–Crippen MR) is 127 cm³/mol. The summed E-state index contributed by atoms with van der Waals surface area (Å²) in [7, 11) is -1.69. The molecular formula is C26H28BNO4. The van der Waals surface area contributed by atoms with Crippen molar-refractivity contribution < 1.29 is 19.6 Å². The molecule has 32 heavy (non-hydrogen) atoms. The van der Waals surface area contributed by atoms with E-state index in [0.29, 0.717) is 12.0 Å². The third kappa shape index (κ3) is 6.64. The first-order valence-corrected chi connectivity index (χ1v) is 10.9. The van der Waals surface area contributed by atoms with E-state index in [1.165, 1.54) is 0 Å². The molecule has 0 aromatic heterocycles. The van der Waals surface area contributed by atoms with Crippen molar-refractivity contribution in [1.29, 1.82) is 0 Å². The summed E-state index contributed by atoms with van der Waals surface area (Å²) in [4.78, 5) is 25.0. The second-order valence-electron chi connectivity index (χ2n) is 7.84. The summed E-state index contributed by atoms with van der Waals surface area (Å²) < 4.78 is 0. The Morgan fingerprint density at radius 1 is 0.844 bits per heavy atom. The molecule has 0 radical (unpaired) electrons. The Kier molecular flexibility index (Phi) is 8.37. The van der Waals surface area contributed by atoms with Gasteiger partial charge in [-0.15, -0.1) is 0 Å². The van der Waals surface area contributed by atoms with Crippen LogP contribution in [0.4, 0.5) is 0 Å². The molecule has 6 heteroatoms. The Labute approximate surface area is 189 Å². The Bertz CT molecular complexity index is 1050. The molecule has 0 heterocycles. The zero-order valence-electron chi connectivity index (χ0n) is 18.2. The highest BCUT2D eigenvalue weighted by Gasteiger charge is 2.25. The summed E-state index contributed by atoms with van der Waals surface area (Å²) in [5.74, 6) is -1.36. The van der Waals surface area contributed by atoms with Crippen LogP contribution in [-0.2, 0) is 17.6 Å². The van der Waals surface area contributed by atoms with Crippen molar-refractivity contribution in [1.82, 2.24) is 5.32 Å². The van der Waals surface area contributed by atoms with E-state index < -0.39 is 13.1 Å². The van der Waals surface area contributed by atoms with Crippen LogP contribution in [0.1, 0.15) is 41.3 Å². The first kappa shape index (κ1) is 23.4. The average molecular weight is 429 g/mol. The van der Waals surface area contributed by atoms with Gasteiger partial charge in [-0.1, -0.05) is 79.7 Å². The highest BCUT2D eigenvalue weighted by molar-refractivity contribution is 6.43. The van der Waals surface area contributed by atoms with Gasteiger partial charge in [-0.05, 0) is 41.2 Å². The quantitative estimate of drug-likeness (QED) is 0.340. The number of nitrogens with one attached hydrogen (secondary N) is 1. The number of aryl methyl sites for hydroxylation is 1. The molecule has 3 aromatic rings. The van der Waals surface area contributed by atoms with Crippen molar-refractivity contribution in [3.8, 4) is 11.1 Å². The van der Waals surface area contributed by atoms with Crippen LogP contribution in [0.2, 0.25) is 0 Å². The lowest BCUT2D eigenvalue weighted by molar-refractivity contribution is -0.121.